The van der Waals surface area contributed by atoms with Gasteiger partial charge in [-0.15, -0.1) is 0 Å². The molecule has 0 saturated carbocycles. The van der Waals surface area contributed by atoms with Crippen molar-refractivity contribution >= 4 is 0 Å². The third-order valence-corrected chi connectivity index (χ3v) is 3.68. The zero-order valence-corrected chi connectivity index (χ0v) is 10.00. The Kier molecular flexibility index (Phi) is 3.62. The lowest BCUT2D eigenvalue weighted by molar-refractivity contribution is 0.143. The molecule has 0 bridgehead atoms. The Morgan fingerprint density at radius 2 is 1.94 bits per heavy atom. The van der Waals surface area contributed by atoms with E-state index >= 15 is 0 Å². The molecule has 1 unspecified atom stereocenters. The topological polar surface area (TPSA) is 32.3 Å². The van der Waals surface area contributed by atoms with E-state index in [1.807, 2.05) is 0 Å². The Morgan fingerprint density at radius 3 is 2.44 bits per heavy atom. The molecule has 0 aliphatic carbocycles. The van der Waals surface area contributed by atoms with Crippen LogP contribution in [0, 0.1) is 5.41 Å². The average Bonchev–Trinajstić information content (AvgIpc) is 2.79. The van der Waals surface area contributed by atoms with Crippen molar-refractivity contribution in [3.63, 3.8) is 0 Å². The van der Waals surface area contributed by atoms with Crippen LogP contribution in [-0.2, 0) is 12.8 Å². The lowest BCUT2D eigenvalue weighted by Crippen LogP contribution is -2.30. The predicted molar refractivity (Wildman–Crippen MR) is 66.5 cm³/mol. The second-order valence-corrected chi connectivity index (χ2v) is 4.93. The van der Waals surface area contributed by atoms with Crippen molar-refractivity contribution in [2.75, 3.05) is 19.7 Å². The van der Waals surface area contributed by atoms with Crippen LogP contribution in [0.4, 0.5) is 0 Å². The Hall–Kier alpha value is -0.860. The van der Waals surface area contributed by atoms with Crippen molar-refractivity contribution in [2.24, 2.45) is 5.41 Å². The van der Waals surface area contributed by atoms with Gasteiger partial charge in [0.25, 0.3) is 0 Å². The van der Waals surface area contributed by atoms with Crippen LogP contribution in [-0.4, -0.2) is 24.8 Å². The number of rotatable bonds is 4. The maximum absolute atomic E-state index is 9.54. The first-order valence-corrected chi connectivity index (χ1v) is 6.17. The quantitative estimate of drug-likeness (QED) is 0.809. The highest BCUT2D eigenvalue weighted by atomic mass is 16.3. The van der Waals surface area contributed by atoms with Gasteiger partial charge in [0.05, 0.1) is 6.61 Å². The average molecular weight is 219 g/mol. The largest absolute Gasteiger partial charge is 0.396 e. The van der Waals surface area contributed by atoms with Crippen molar-refractivity contribution in [1.29, 1.82) is 0 Å². The van der Waals surface area contributed by atoms with Crippen molar-refractivity contribution in [2.45, 2.75) is 26.2 Å². The minimum Gasteiger partial charge on any atom is -0.396 e. The molecule has 2 nitrogen and oxygen atoms in total. The summed E-state index contributed by atoms with van der Waals surface area (Å²) < 4.78 is 0. The minimum atomic E-state index is 0.0771. The normalized spacial score (nSPS) is 24.9. The molecule has 2 rings (SSSR count). The van der Waals surface area contributed by atoms with Gasteiger partial charge in [0.15, 0.2) is 0 Å². The van der Waals surface area contributed by atoms with E-state index in [0.29, 0.717) is 0 Å². The van der Waals surface area contributed by atoms with Gasteiger partial charge in [0.1, 0.15) is 0 Å². The van der Waals surface area contributed by atoms with Crippen LogP contribution in [0.2, 0.25) is 0 Å². The highest BCUT2D eigenvalue weighted by Gasteiger charge is 2.33. The fourth-order valence-electron chi connectivity index (χ4n) is 2.46. The molecule has 0 radical (unpaired) electrons. The lowest BCUT2D eigenvalue weighted by atomic mass is 9.81. The predicted octanol–water partition coefficient (Wildman–Crippen LogP) is 1.76. The number of aliphatic hydroxyl groups excluding tert-OH is 1. The summed E-state index contributed by atoms with van der Waals surface area (Å²) in [6, 6.07) is 8.80. The molecule has 88 valence electrons. The molecule has 1 aromatic rings. The van der Waals surface area contributed by atoms with Crippen molar-refractivity contribution in [3.8, 4) is 0 Å². The Morgan fingerprint density at radius 1 is 1.25 bits per heavy atom. The third kappa shape index (κ3) is 2.45. The number of aryl methyl sites for hydroxylation is 1. The standard InChI is InChI=1S/C14H21NO/c1-2-12-3-5-13(6-4-12)9-14(11-16)7-8-15-10-14/h3-6,15-16H,2,7-11H2,1H3. The molecule has 1 aliphatic heterocycles. The van der Waals surface area contributed by atoms with E-state index in [2.05, 4.69) is 36.5 Å². The Labute approximate surface area is 97.7 Å². The van der Waals surface area contributed by atoms with Crippen molar-refractivity contribution in [3.05, 3.63) is 35.4 Å². The number of benzene rings is 1. The summed E-state index contributed by atoms with van der Waals surface area (Å²) in [4.78, 5) is 0. The van der Waals surface area contributed by atoms with Crippen LogP contribution in [0.5, 0.6) is 0 Å². The first-order chi connectivity index (χ1) is 7.78. The zero-order chi connectivity index (χ0) is 11.4. The van der Waals surface area contributed by atoms with Gasteiger partial charge >= 0.3 is 0 Å². The Bertz CT molecular complexity index is 325. The molecule has 1 aromatic carbocycles. The van der Waals surface area contributed by atoms with Gasteiger partial charge < -0.3 is 10.4 Å². The van der Waals surface area contributed by atoms with Crippen LogP contribution in [0.3, 0.4) is 0 Å². The van der Waals surface area contributed by atoms with Gasteiger partial charge in [0.2, 0.25) is 0 Å². The van der Waals surface area contributed by atoms with E-state index in [1.54, 1.807) is 0 Å². The zero-order valence-electron chi connectivity index (χ0n) is 10.00. The van der Waals surface area contributed by atoms with E-state index in [1.165, 1.54) is 11.1 Å². The van der Waals surface area contributed by atoms with E-state index in [9.17, 15) is 5.11 Å². The summed E-state index contributed by atoms with van der Waals surface area (Å²) in [7, 11) is 0. The molecule has 0 spiro atoms. The molecular formula is C14H21NO. The molecule has 1 saturated heterocycles. The van der Waals surface area contributed by atoms with Crippen LogP contribution >= 0.6 is 0 Å². The number of hydrogen-bond acceptors (Lipinski definition) is 2. The second-order valence-electron chi connectivity index (χ2n) is 4.93. The monoisotopic (exact) mass is 219 g/mol. The summed E-state index contributed by atoms with van der Waals surface area (Å²) in [6.45, 7) is 4.44. The van der Waals surface area contributed by atoms with Crippen molar-refractivity contribution < 1.29 is 5.11 Å². The summed E-state index contributed by atoms with van der Waals surface area (Å²) in [6.07, 6.45) is 3.16. The number of aliphatic hydroxyl groups is 1. The van der Waals surface area contributed by atoms with Crippen LogP contribution < -0.4 is 5.32 Å². The summed E-state index contributed by atoms with van der Waals surface area (Å²) in [5, 5.41) is 12.9. The molecule has 1 atom stereocenters. The Balaban J connectivity index is 2.07. The van der Waals surface area contributed by atoms with Gasteiger partial charge in [-0.3, -0.25) is 0 Å². The van der Waals surface area contributed by atoms with E-state index < -0.39 is 0 Å². The maximum atomic E-state index is 9.54. The first-order valence-electron chi connectivity index (χ1n) is 6.17. The summed E-state index contributed by atoms with van der Waals surface area (Å²) in [5.41, 5.74) is 2.80. The van der Waals surface area contributed by atoms with Gasteiger partial charge in [-0.2, -0.15) is 0 Å². The van der Waals surface area contributed by atoms with Gasteiger partial charge in [0, 0.05) is 12.0 Å². The number of nitrogens with one attached hydrogen (secondary N) is 1. The number of hydrogen-bond donors (Lipinski definition) is 2. The minimum absolute atomic E-state index is 0.0771. The highest BCUT2D eigenvalue weighted by Crippen LogP contribution is 2.29. The summed E-state index contributed by atoms with van der Waals surface area (Å²) in [5.74, 6) is 0. The highest BCUT2D eigenvalue weighted by molar-refractivity contribution is 5.24. The van der Waals surface area contributed by atoms with Crippen LogP contribution in [0.25, 0.3) is 0 Å². The molecule has 0 amide bonds. The molecule has 1 fully saturated rings. The maximum Gasteiger partial charge on any atom is 0.0503 e. The van der Waals surface area contributed by atoms with Gasteiger partial charge in [-0.05, 0) is 36.9 Å². The van der Waals surface area contributed by atoms with E-state index in [-0.39, 0.29) is 12.0 Å². The van der Waals surface area contributed by atoms with E-state index in [4.69, 9.17) is 0 Å². The van der Waals surface area contributed by atoms with E-state index in [0.717, 1.165) is 32.4 Å². The third-order valence-electron chi connectivity index (χ3n) is 3.68. The molecular weight excluding hydrogens is 198 g/mol. The summed E-state index contributed by atoms with van der Waals surface area (Å²) >= 11 is 0. The molecule has 2 N–H and O–H groups in total. The first kappa shape index (κ1) is 11.6. The SMILES string of the molecule is CCc1ccc(CC2(CO)CCNC2)cc1. The fourth-order valence-corrected chi connectivity index (χ4v) is 2.46. The molecule has 1 heterocycles. The lowest BCUT2D eigenvalue weighted by Gasteiger charge is -2.25. The second kappa shape index (κ2) is 4.98. The smallest absolute Gasteiger partial charge is 0.0503 e. The van der Waals surface area contributed by atoms with Gasteiger partial charge in [-0.25, -0.2) is 0 Å². The molecule has 0 aromatic heterocycles. The van der Waals surface area contributed by atoms with Crippen molar-refractivity contribution in [1.82, 2.24) is 5.32 Å². The molecule has 2 heteroatoms. The molecule has 16 heavy (non-hydrogen) atoms. The molecule has 1 aliphatic rings. The van der Waals surface area contributed by atoms with Gasteiger partial charge in [-0.1, -0.05) is 31.2 Å². The van der Waals surface area contributed by atoms with Crippen LogP contribution in [0.1, 0.15) is 24.5 Å². The van der Waals surface area contributed by atoms with Crippen LogP contribution in [0.15, 0.2) is 24.3 Å². The fraction of sp³-hybridized carbons (Fsp3) is 0.571.